The fraction of sp³-hybridized carbons (Fsp3) is 0.308. The van der Waals surface area contributed by atoms with Crippen LogP contribution in [0, 0.1) is 0 Å². The molecule has 1 aromatic carbocycles. The second kappa shape index (κ2) is 4.79. The summed E-state index contributed by atoms with van der Waals surface area (Å²) in [7, 11) is -3.53. The highest BCUT2D eigenvalue weighted by Crippen LogP contribution is 2.30. The number of aromatic amines is 1. The van der Waals surface area contributed by atoms with Gasteiger partial charge in [0.1, 0.15) is 0 Å². The van der Waals surface area contributed by atoms with Crippen LogP contribution in [-0.2, 0) is 16.4 Å². The van der Waals surface area contributed by atoms with Crippen LogP contribution < -0.4 is 4.72 Å². The van der Waals surface area contributed by atoms with Gasteiger partial charge in [-0.2, -0.15) is 5.10 Å². The highest BCUT2D eigenvalue weighted by atomic mass is 32.2. The van der Waals surface area contributed by atoms with Crippen LogP contribution in [0.2, 0.25) is 0 Å². The maximum Gasteiger partial charge on any atom is 0.258 e. The third-order valence-electron chi connectivity index (χ3n) is 3.43. The molecule has 1 aromatic heterocycles. The molecule has 2 N–H and O–H groups in total. The van der Waals surface area contributed by atoms with Crippen LogP contribution in [0.3, 0.4) is 0 Å². The van der Waals surface area contributed by atoms with Crippen molar-refractivity contribution in [1.82, 2.24) is 14.9 Å². The van der Waals surface area contributed by atoms with E-state index in [0.29, 0.717) is 0 Å². The van der Waals surface area contributed by atoms with Crippen molar-refractivity contribution in [2.24, 2.45) is 0 Å². The van der Waals surface area contributed by atoms with Gasteiger partial charge < -0.3 is 0 Å². The van der Waals surface area contributed by atoms with Gasteiger partial charge in [0, 0.05) is 6.04 Å². The standard InChI is InChI=1S/C13H15N3O2S/c17-19(18,13-8-9-14-15-13)16-12-7-3-5-10-4-1-2-6-11(10)12/h1-2,4,6,8-9,12,16H,3,5,7H2,(H,14,15). The maximum atomic E-state index is 12.2. The van der Waals surface area contributed by atoms with E-state index in [4.69, 9.17) is 0 Å². The lowest BCUT2D eigenvalue weighted by molar-refractivity contribution is 0.505. The molecular formula is C13H15N3O2S. The first-order valence-corrected chi connectivity index (χ1v) is 7.75. The second-order valence-corrected chi connectivity index (χ2v) is 6.37. The van der Waals surface area contributed by atoms with Crippen LogP contribution in [0.4, 0.5) is 0 Å². The van der Waals surface area contributed by atoms with Gasteiger partial charge in [-0.1, -0.05) is 24.3 Å². The number of hydrogen-bond acceptors (Lipinski definition) is 3. The Kier molecular flexibility index (Phi) is 3.12. The van der Waals surface area contributed by atoms with Crippen molar-refractivity contribution in [2.45, 2.75) is 30.3 Å². The Hall–Kier alpha value is -1.66. The zero-order valence-corrected chi connectivity index (χ0v) is 11.2. The molecule has 5 nitrogen and oxygen atoms in total. The molecule has 1 aliphatic carbocycles. The number of nitrogens with one attached hydrogen (secondary N) is 2. The van der Waals surface area contributed by atoms with Crippen molar-refractivity contribution in [3.8, 4) is 0 Å². The zero-order chi connectivity index (χ0) is 13.3. The predicted molar refractivity (Wildman–Crippen MR) is 71.0 cm³/mol. The summed E-state index contributed by atoms with van der Waals surface area (Å²) in [6.07, 6.45) is 4.26. The molecule has 0 spiro atoms. The Bertz CT molecular complexity index is 665. The summed E-state index contributed by atoms with van der Waals surface area (Å²) in [5.41, 5.74) is 2.31. The molecule has 0 fully saturated rings. The van der Waals surface area contributed by atoms with Gasteiger partial charge in [0.2, 0.25) is 0 Å². The largest absolute Gasteiger partial charge is 0.266 e. The number of hydrogen-bond donors (Lipinski definition) is 2. The van der Waals surface area contributed by atoms with Crippen LogP contribution >= 0.6 is 0 Å². The van der Waals surface area contributed by atoms with Gasteiger partial charge in [0.15, 0.2) is 5.03 Å². The average Bonchev–Trinajstić information content (AvgIpc) is 2.93. The summed E-state index contributed by atoms with van der Waals surface area (Å²) >= 11 is 0. The molecule has 3 rings (SSSR count). The molecule has 100 valence electrons. The minimum Gasteiger partial charge on any atom is -0.266 e. The number of benzene rings is 1. The number of rotatable bonds is 3. The summed E-state index contributed by atoms with van der Waals surface area (Å²) in [5.74, 6) is 0. The fourth-order valence-electron chi connectivity index (χ4n) is 2.52. The molecule has 1 unspecified atom stereocenters. The van der Waals surface area contributed by atoms with Crippen molar-refractivity contribution in [3.63, 3.8) is 0 Å². The summed E-state index contributed by atoms with van der Waals surface area (Å²) in [6, 6.07) is 9.29. The number of aryl methyl sites for hydroxylation is 1. The van der Waals surface area contributed by atoms with Gasteiger partial charge in [-0.05, 0) is 36.5 Å². The molecule has 1 atom stereocenters. The Labute approximate surface area is 112 Å². The molecule has 1 heterocycles. The van der Waals surface area contributed by atoms with E-state index in [9.17, 15) is 8.42 Å². The summed E-state index contributed by atoms with van der Waals surface area (Å²) in [4.78, 5) is 0. The average molecular weight is 277 g/mol. The maximum absolute atomic E-state index is 12.2. The Morgan fingerprint density at radius 2 is 2.11 bits per heavy atom. The van der Waals surface area contributed by atoms with E-state index < -0.39 is 10.0 Å². The third-order valence-corrected chi connectivity index (χ3v) is 4.83. The topological polar surface area (TPSA) is 74.8 Å². The van der Waals surface area contributed by atoms with E-state index in [0.717, 1.165) is 24.8 Å². The summed E-state index contributed by atoms with van der Waals surface area (Å²) < 4.78 is 27.1. The molecule has 0 saturated carbocycles. The minimum atomic E-state index is -3.53. The van der Waals surface area contributed by atoms with E-state index in [1.54, 1.807) is 0 Å². The molecule has 0 aliphatic heterocycles. The van der Waals surface area contributed by atoms with Gasteiger partial charge in [-0.25, -0.2) is 13.1 Å². The first kappa shape index (κ1) is 12.4. The normalized spacial score (nSPS) is 19.1. The van der Waals surface area contributed by atoms with Crippen LogP contribution in [0.5, 0.6) is 0 Å². The van der Waals surface area contributed by atoms with Gasteiger partial charge >= 0.3 is 0 Å². The van der Waals surface area contributed by atoms with Crippen LogP contribution in [-0.4, -0.2) is 18.6 Å². The second-order valence-electron chi connectivity index (χ2n) is 4.69. The van der Waals surface area contributed by atoms with E-state index in [1.807, 2.05) is 18.2 Å². The SMILES string of the molecule is O=S(=O)(NC1CCCc2ccccc21)c1ccn[nH]1. The lowest BCUT2D eigenvalue weighted by atomic mass is 9.88. The molecule has 0 radical (unpaired) electrons. The van der Waals surface area contributed by atoms with Crippen molar-refractivity contribution in [2.75, 3.05) is 0 Å². The Morgan fingerprint density at radius 3 is 2.89 bits per heavy atom. The molecule has 1 aliphatic rings. The van der Waals surface area contributed by atoms with E-state index in [1.165, 1.54) is 17.8 Å². The minimum absolute atomic E-state index is 0.107. The van der Waals surface area contributed by atoms with Crippen LogP contribution in [0.1, 0.15) is 30.0 Å². The molecule has 6 heteroatoms. The highest BCUT2D eigenvalue weighted by Gasteiger charge is 2.26. The monoisotopic (exact) mass is 277 g/mol. The predicted octanol–water partition coefficient (Wildman–Crippen LogP) is 1.77. The lowest BCUT2D eigenvalue weighted by Crippen LogP contribution is -2.31. The van der Waals surface area contributed by atoms with Gasteiger partial charge in [0.25, 0.3) is 10.0 Å². The van der Waals surface area contributed by atoms with Gasteiger partial charge in [0.05, 0.1) is 6.20 Å². The van der Waals surface area contributed by atoms with Crippen molar-refractivity contribution >= 4 is 10.0 Å². The summed E-state index contributed by atoms with van der Waals surface area (Å²) in [5, 5.41) is 6.28. The molecule has 2 aromatic rings. The van der Waals surface area contributed by atoms with Gasteiger partial charge in [-0.3, -0.25) is 5.10 Å². The van der Waals surface area contributed by atoms with Crippen molar-refractivity contribution < 1.29 is 8.42 Å². The van der Waals surface area contributed by atoms with Crippen LogP contribution in [0.25, 0.3) is 0 Å². The Morgan fingerprint density at radius 1 is 1.26 bits per heavy atom. The van der Waals surface area contributed by atoms with E-state index in [2.05, 4.69) is 21.0 Å². The highest BCUT2D eigenvalue weighted by molar-refractivity contribution is 7.89. The van der Waals surface area contributed by atoms with E-state index in [-0.39, 0.29) is 11.1 Å². The molecule has 0 saturated heterocycles. The smallest absolute Gasteiger partial charge is 0.258 e. The molecule has 19 heavy (non-hydrogen) atoms. The van der Waals surface area contributed by atoms with Gasteiger partial charge in [-0.15, -0.1) is 0 Å². The van der Waals surface area contributed by atoms with Crippen molar-refractivity contribution in [1.29, 1.82) is 0 Å². The number of sulfonamides is 1. The fourth-order valence-corrected chi connectivity index (χ4v) is 3.68. The first-order chi connectivity index (χ1) is 9.17. The molecule has 0 bridgehead atoms. The summed E-state index contributed by atoms with van der Waals surface area (Å²) in [6.45, 7) is 0. The molecular weight excluding hydrogens is 262 g/mol. The Balaban J connectivity index is 1.90. The number of aromatic nitrogens is 2. The zero-order valence-electron chi connectivity index (χ0n) is 10.3. The van der Waals surface area contributed by atoms with Crippen LogP contribution in [0.15, 0.2) is 41.6 Å². The van der Waals surface area contributed by atoms with Crippen molar-refractivity contribution in [3.05, 3.63) is 47.7 Å². The quantitative estimate of drug-likeness (QED) is 0.897. The number of H-pyrrole nitrogens is 1. The molecule has 0 amide bonds. The third kappa shape index (κ3) is 2.41. The number of nitrogens with zero attached hydrogens (tertiary/aromatic N) is 1. The van der Waals surface area contributed by atoms with E-state index >= 15 is 0 Å². The number of fused-ring (bicyclic) bond motifs is 1. The first-order valence-electron chi connectivity index (χ1n) is 6.26. The lowest BCUT2D eigenvalue weighted by Gasteiger charge is -2.25.